The topological polar surface area (TPSA) is 75.3 Å². The molecule has 5 nitrogen and oxygen atoms in total. The summed E-state index contributed by atoms with van der Waals surface area (Å²) in [5.41, 5.74) is -0.553. The number of hydrogen-bond donors (Lipinski definition) is 2. The van der Waals surface area contributed by atoms with Crippen LogP contribution in [-0.2, 0) is 14.6 Å². The predicted molar refractivity (Wildman–Crippen MR) is 70.0 cm³/mol. The summed E-state index contributed by atoms with van der Waals surface area (Å²) in [6.07, 6.45) is 3.12. The Hall–Kier alpha value is -0.620. The Kier molecular flexibility index (Phi) is 3.96. The first-order chi connectivity index (χ1) is 8.39. The molecule has 2 aliphatic heterocycles. The first-order valence-corrected chi connectivity index (χ1v) is 8.43. The van der Waals surface area contributed by atoms with Crippen LogP contribution in [0.3, 0.4) is 0 Å². The molecule has 2 fully saturated rings. The van der Waals surface area contributed by atoms with Gasteiger partial charge in [0.05, 0.1) is 17.0 Å². The number of hydrogen-bond acceptors (Lipinski definition) is 4. The van der Waals surface area contributed by atoms with Crippen molar-refractivity contribution in [3.8, 4) is 0 Å². The van der Waals surface area contributed by atoms with Crippen LogP contribution < -0.4 is 10.6 Å². The largest absolute Gasteiger partial charge is 0.350 e. The number of nitrogens with one attached hydrogen (secondary N) is 2. The minimum Gasteiger partial charge on any atom is -0.350 e. The van der Waals surface area contributed by atoms with E-state index in [1.165, 1.54) is 0 Å². The van der Waals surface area contributed by atoms with E-state index >= 15 is 0 Å². The molecule has 0 spiro atoms. The fraction of sp³-hybridized carbons (Fsp3) is 0.917. The van der Waals surface area contributed by atoms with Crippen LogP contribution in [0.1, 0.15) is 32.6 Å². The molecule has 2 aliphatic rings. The van der Waals surface area contributed by atoms with Crippen molar-refractivity contribution in [2.24, 2.45) is 5.92 Å². The summed E-state index contributed by atoms with van der Waals surface area (Å²) < 4.78 is 22.9. The van der Waals surface area contributed by atoms with Crippen LogP contribution in [0.15, 0.2) is 0 Å². The van der Waals surface area contributed by atoms with E-state index in [1.807, 2.05) is 6.92 Å². The van der Waals surface area contributed by atoms with Crippen molar-refractivity contribution in [3.05, 3.63) is 0 Å². The van der Waals surface area contributed by atoms with Gasteiger partial charge in [-0.15, -0.1) is 0 Å². The minimum absolute atomic E-state index is 0.00139. The number of amides is 1. The molecule has 18 heavy (non-hydrogen) atoms. The van der Waals surface area contributed by atoms with Gasteiger partial charge in [0, 0.05) is 6.42 Å². The van der Waals surface area contributed by atoms with E-state index in [0.29, 0.717) is 18.8 Å². The zero-order valence-electron chi connectivity index (χ0n) is 10.9. The molecule has 2 N–H and O–H groups in total. The maximum absolute atomic E-state index is 12.0. The summed E-state index contributed by atoms with van der Waals surface area (Å²) >= 11 is 0. The maximum Gasteiger partial charge on any atom is 0.220 e. The van der Waals surface area contributed by atoms with E-state index < -0.39 is 15.4 Å². The van der Waals surface area contributed by atoms with Crippen molar-refractivity contribution in [3.63, 3.8) is 0 Å². The highest BCUT2D eigenvalue weighted by atomic mass is 32.2. The van der Waals surface area contributed by atoms with Crippen LogP contribution in [0.5, 0.6) is 0 Å². The number of sulfone groups is 1. The SMILES string of the molecule is CC1(NC(=O)CC2CCNCC2)CCS(=O)(=O)C1. The van der Waals surface area contributed by atoms with Crippen molar-refractivity contribution < 1.29 is 13.2 Å². The molecule has 0 aliphatic carbocycles. The Morgan fingerprint density at radius 2 is 2.06 bits per heavy atom. The Balaban J connectivity index is 1.84. The molecule has 2 rings (SSSR count). The molecule has 1 atom stereocenters. The van der Waals surface area contributed by atoms with Gasteiger partial charge in [-0.3, -0.25) is 4.79 Å². The van der Waals surface area contributed by atoms with E-state index in [4.69, 9.17) is 0 Å². The molecule has 104 valence electrons. The predicted octanol–water partition coefficient (Wildman–Crippen LogP) is 0.0695. The number of rotatable bonds is 3. The van der Waals surface area contributed by atoms with Crippen molar-refractivity contribution >= 4 is 15.7 Å². The summed E-state index contributed by atoms with van der Waals surface area (Å²) in [6, 6.07) is 0. The molecule has 2 heterocycles. The van der Waals surface area contributed by atoms with Gasteiger partial charge in [0.2, 0.25) is 5.91 Å². The fourth-order valence-electron chi connectivity index (χ4n) is 2.84. The lowest BCUT2D eigenvalue weighted by Crippen LogP contribution is -2.47. The average molecular weight is 274 g/mol. The van der Waals surface area contributed by atoms with Crippen LogP contribution in [-0.4, -0.2) is 44.5 Å². The van der Waals surface area contributed by atoms with E-state index in [1.54, 1.807) is 0 Å². The molecule has 6 heteroatoms. The Morgan fingerprint density at radius 1 is 1.39 bits per heavy atom. The fourth-order valence-corrected chi connectivity index (χ4v) is 4.94. The molecule has 2 saturated heterocycles. The molecule has 0 aromatic rings. The zero-order chi connectivity index (χ0) is 13.2. The smallest absolute Gasteiger partial charge is 0.220 e. The van der Waals surface area contributed by atoms with Gasteiger partial charge in [0.15, 0.2) is 9.84 Å². The summed E-state index contributed by atoms with van der Waals surface area (Å²) in [5, 5.41) is 6.19. The number of piperidine rings is 1. The Bertz CT molecular complexity index is 415. The highest BCUT2D eigenvalue weighted by Crippen LogP contribution is 2.24. The van der Waals surface area contributed by atoms with Crippen molar-refractivity contribution in [2.75, 3.05) is 24.6 Å². The van der Waals surface area contributed by atoms with Crippen molar-refractivity contribution in [1.82, 2.24) is 10.6 Å². The van der Waals surface area contributed by atoms with Gasteiger partial charge in [-0.05, 0) is 45.2 Å². The molecular weight excluding hydrogens is 252 g/mol. The Morgan fingerprint density at radius 3 is 2.61 bits per heavy atom. The number of carbonyl (C=O) groups excluding carboxylic acids is 1. The van der Waals surface area contributed by atoms with Crippen LogP contribution >= 0.6 is 0 Å². The highest BCUT2D eigenvalue weighted by molar-refractivity contribution is 7.91. The first-order valence-electron chi connectivity index (χ1n) is 6.61. The standard InChI is InChI=1S/C12H22N2O3S/c1-12(4-7-18(16,17)9-12)14-11(15)8-10-2-5-13-6-3-10/h10,13H,2-9H2,1H3,(H,14,15). The van der Waals surface area contributed by atoms with Gasteiger partial charge < -0.3 is 10.6 Å². The normalized spacial score (nSPS) is 32.3. The first kappa shape index (κ1) is 13.8. The minimum atomic E-state index is -2.96. The summed E-state index contributed by atoms with van der Waals surface area (Å²) in [4.78, 5) is 12.0. The van der Waals surface area contributed by atoms with Crippen LogP contribution in [0.2, 0.25) is 0 Å². The molecular formula is C12H22N2O3S. The van der Waals surface area contributed by atoms with Gasteiger partial charge in [0.25, 0.3) is 0 Å². The third kappa shape index (κ3) is 3.68. The van der Waals surface area contributed by atoms with Gasteiger partial charge in [0.1, 0.15) is 0 Å². The molecule has 0 saturated carbocycles. The van der Waals surface area contributed by atoms with Gasteiger partial charge in [-0.1, -0.05) is 0 Å². The second-order valence-corrected chi connectivity index (χ2v) is 8.03. The molecule has 0 aromatic heterocycles. The van der Waals surface area contributed by atoms with Gasteiger partial charge in [-0.25, -0.2) is 8.42 Å². The lowest BCUT2D eigenvalue weighted by Gasteiger charge is -2.27. The van der Waals surface area contributed by atoms with E-state index in [-0.39, 0.29) is 17.4 Å². The van der Waals surface area contributed by atoms with E-state index in [9.17, 15) is 13.2 Å². The molecule has 0 radical (unpaired) electrons. The highest BCUT2D eigenvalue weighted by Gasteiger charge is 2.39. The van der Waals surface area contributed by atoms with Crippen molar-refractivity contribution in [1.29, 1.82) is 0 Å². The lowest BCUT2D eigenvalue weighted by molar-refractivity contribution is -0.123. The van der Waals surface area contributed by atoms with Crippen LogP contribution in [0.4, 0.5) is 0 Å². The number of carbonyl (C=O) groups is 1. The van der Waals surface area contributed by atoms with Crippen LogP contribution in [0, 0.1) is 5.92 Å². The molecule has 0 aromatic carbocycles. The average Bonchev–Trinajstić information content (AvgIpc) is 2.53. The zero-order valence-corrected chi connectivity index (χ0v) is 11.7. The third-order valence-electron chi connectivity index (χ3n) is 3.88. The summed E-state index contributed by atoms with van der Waals surface area (Å²) in [6.45, 7) is 3.78. The van der Waals surface area contributed by atoms with Gasteiger partial charge in [-0.2, -0.15) is 0 Å². The Labute approximate surface area is 109 Å². The molecule has 1 unspecified atom stereocenters. The summed E-state index contributed by atoms with van der Waals surface area (Å²) in [5.74, 6) is 0.712. The lowest BCUT2D eigenvalue weighted by atomic mass is 9.93. The quantitative estimate of drug-likeness (QED) is 0.763. The van der Waals surface area contributed by atoms with E-state index in [2.05, 4.69) is 10.6 Å². The molecule has 0 bridgehead atoms. The van der Waals surface area contributed by atoms with Gasteiger partial charge >= 0.3 is 0 Å². The second-order valence-electron chi connectivity index (χ2n) is 5.85. The summed E-state index contributed by atoms with van der Waals surface area (Å²) in [7, 11) is -2.96. The van der Waals surface area contributed by atoms with Crippen molar-refractivity contribution in [2.45, 2.75) is 38.1 Å². The van der Waals surface area contributed by atoms with Crippen LogP contribution in [0.25, 0.3) is 0 Å². The monoisotopic (exact) mass is 274 g/mol. The second kappa shape index (κ2) is 5.17. The molecule has 1 amide bonds. The maximum atomic E-state index is 12.0. The van der Waals surface area contributed by atoms with E-state index in [0.717, 1.165) is 25.9 Å². The third-order valence-corrected chi connectivity index (χ3v) is 5.78.